The number of hydrogen-bond donors (Lipinski definition) is 2. The van der Waals surface area contributed by atoms with Crippen molar-refractivity contribution >= 4 is 5.97 Å². The summed E-state index contributed by atoms with van der Waals surface area (Å²) in [6.07, 6.45) is 5.57. The van der Waals surface area contributed by atoms with Crippen LogP contribution in [0.4, 0.5) is 22.0 Å². The van der Waals surface area contributed by atoms with Crippen molar-refractivity contribution < 1.29 is 31.9 Å². The number of nitrogens with two attached hydrogens (primary N) is 1. The first-order valence-corrected chi connectivity index (χ1v) is 10.1. The Kier molecular flexibility index (Phi) is 7.46. The molecule has 0 radical (unpaired) electrons. The van der Waals surface area contributed by atoms with Crippen LogP contribution >= 0.6 is 0 Å². The first-order chi connectivity index (χ1) is 15.6. The first-order valence-electron chi connectivity index (χ1n) is 10.1. The third kappa shape index (κ3) is 6.15. The summed E-state index contributed by atoms with van der Waals surface area (Å²) >= 11 is 0. The summed E-state index contributed by atoms with van der Waals surface area (Å²) < 4.78 is 60.1. The summed E-state index contributed by atoms with van der Waals surface area (Å²) in [6.45, 7) is -2.40. The van der Waals surface area contributed by atoms with E-state index in [2.05, 4.69) is 28.3 Å². The zero-order chi connectivity index (χ0) is 24.2. The molecule has 1 unspecified atom stereocenters. The highest BCUT2D eigenvalue weighted by molar-refractivity contribution is 5.73. The van der Waals surface area contributed by atoms with Crippen LogP contribution in [0.1, 0.15) is 48.8 Å². The zero-order valence-corrected chi connectivity index (χ0v) is 17.3. The number of rotatable bonds is 4. The molecule has 2 heterocycles. The summed E-state index contributed by atoms with van der Waals surface area (Å²) in [5.74, 6) is -2.48. The lowest BCUT2D eigenvalue weighted by Crippen LogP contribution is -2.21. The number of imidazole rings is 1. The molecule has 3 N–H and O–H groups in total. The predicted octanol–water partition coefficient (Wildman–Crippen LogP) is 4.55. The lowest BCUT2D eigenvalue weighted by Gasteiger charge is -2.13. The zero-order valence-electron chi connectivity index (χ0n) is 17.3. The van der Waals surface area contributed by atoms with E-state index in [-0.39, 0.29) is 18.4 Å². The van der Waals surface area contributed by atoms with Gasteiger partial charge in [0, 0.05) is 30.2 Å². The molecular formula is C21H22F5N5O2. The van der Waals surface area contributed by atoms with Crippen molar-refractivity contribution in [2.45, 2.75) is 51.0 Å². The average molecular weight is 471 g/mol. The number of alkyl halides is 5. The molecule has 0 bridgehead atoms. The van der Waals surface area contributed by atoms with E-state index < -0.39 is 18.7 Å². The smallest absolute Gasteiger partial charge is 0.475 e. The number of fused-ring (bicyclic) bond motifs is 1. The van der Waals surface area contributed by atoms with Gasteiger partial charge >= 0.3 is 18.7 Å². The maximum atomic E-state index is 12.9. The Morgan fingerprint density at radius 1 is 1.24 bits per heavy atom. The molecule has 1 aromatic carbocycles. The van der Waals surface area contributed by atoms with Crippen LogP contribution in [0.15, 0.2) is 43.0 Å². The fraction of sp³-hybridized carbons (Fsp3) is 0.381. The molecule has 4 rings (SSSR count). The Morgan fingerprint density at radius 3 is 2.64 bits per heavy atom. The molecule has 0 amide bonds. The Hall–Kier alpha value is -3.28. The van der Waals surface area contributed by atoms with Crippen molar-refractivity contribution in [3.05, 3.63) is 59.9 Å². The van der Waals surface area contributed by atoms with Crippen LogP contribution in [-0.2, 0) is 17.8 Å². The fourth-order valence-corrected chi connectivity index (χ4v) is 3.59. The van der Waals surface area contributed by atoms with E-state index >= 15 is 0 Å². The molecule has 1 aliphatic carbocycles. The average Bonchev–Trinajstić information content (AvgIpc) is 3.36. The van der Waals surface area contributed by atoms with E-state index in [1.54, 1.807) is 10.9 Å². The van der Waals surface area contributed by atoms with Gasteiger partial charge in [-0.15, -0.1) is 0 Å². The molecule has 7 nitrogen and oxygen atoms in total. The number of aryl methyl sites for hydroxylation is 1. The van der Waals surface area contributed by atoms with Gasteiger partial charge in [0.1, 0.15) is 5.82 Å². The van der Waals surface area contributed by atoms with Gasteiger partial charge in [0.05, 0.1) is 12.7 Å². The Labute approximate surface area is 185 Å². The lowest BCUT2D eigenvalue weighted by atomic mass is 9.96. The quantitative estimate of drug-likeness (QED) is 0.430. The molecule has 178 valence electrons. The molecular weight excluding hydrogens is 449 g/mol. The number of hydrogen-bond acceptors (Lipinski definition) is 4. The van der Waals surface area contributed by atoms with Crippen molar-refractivity contribution in [1.29, 1.82) is 0 Å². The summed E-state index contributed by atoms with van der Waals surface area (Å²) in [5, 5.41) is 11.4. The Morgan fingerprint density at radius 2 is 1.97 bits per heavy atom. The Balaban J connectivity index is 0.000000383. The number of aliphatic carboxylic acids is 1. The Bertz CT molecular complexity index is 1090. The molecule has 0 spiro atoms. The van der Waals surface area contributed by atoms with Gasteiger partial charge in [0.25, 0.3) is 0 Å². The second-order valence-corrected chi connectivity index (χ2v) is 7.52. The molecule has 0 fully saturated rings. The molecule has 33 heavy (non-hydrogen) atoms. The summed E-state index contributed by atoms with van der Waals surface area (Å²) in [5.41, 5.74) is 10.8. The maximum Gasteiger partial charge on any atom is 0.490 e. The number of aromatic nitrogens is 4. The third-order valence-electron chi connectivity index (χ3n) is 5.23. The molecule has 1 atom stereocenters. The van der Waals surface area contributed by atoms with Gasteiger partial charge < -0.3 is 10.8 Å². The number of benzene rings is 1. The minimum Gasteiger partial charge on any atom is -0.475 e. The topological polar surface area (TPSA) is 99.0 Å². The number of carboxylic acid groups (broad SMARTS) is 1. The SMILES string of the molecule is NC1CCCCc2cc(-c3cnn(Cc4nccn4C(F)F)c3)ccc21.O=C(O)C(F)(F)F. The normalized spacial score (nSPS) is 16.0. The summed E-state index contributed by atoms with van der Waals surface area (Å²) in [6, 6.07) is 6.46. The highest BCUT2D eigenvalue weighted by Gasteiger charge is 2.38. The maximum absolute atomic E-state index is 12.9. The first kappa shape index (κ1) is 24.4. The van der Waals surface area contributed by atoms with Crippen LogP contribution < -0.4 is 5.73 Å². The summed E-state index contributed by atoms with van der Waals surface area (Å²) in [4.78, 5) is 12.9. The van der Waals surface area contributed by atoms with Crippen LogP contribution in [0.25, 0.3) is 11.1 Å². The van der Waals surface area contributed by atoms with E-state index in [1.807, 2.05) is 6.20 Å². The van der Waals surface area contributed by atoms with Gasteiger partial charge in [0.2, 0.25) is 0 Å². The fourth-order valence-electron chi connectivity index (χ4n) is 3.59. The van der Waals surface area contributed by atoms with Crippen LogP contribution in [0.2, 0.25) is 0 Å². The van der Waals surface area contributed by atoms with Crippen LogP contribution in [0.5, 0.6) is 0 Å². The van der Waals surface area contributed by atoms with E-state index in [0.29, 0.717) is 0 Å². The highest BCUT2D eigenvalue weighted by Crippen LogP contribution is 2.30. The van der Waals surface area contributed by atoms with Gasteiger partial charge in [-0.3, -0.25) is 9.25 Å². The largest absolute Gasteiger partial charge is 0.490 e. The van der Waals surface area contributed by atoms with Gasteiger partial charge in [-0.1, -0.05) is 24.6 Å². The second-order valence-electron chi connectivity index (χ2n) is 7.52. The number of carboxylic acids is 1. The summed E-state index contributed by atoms with van der Waals surface area (Å²) in [7, 11) is 0. The van der Waals surface area contributed by atoms with E-state index in [1.165, 1.54) is 23.5 Å². The molecule has 12 heteroatoms. The lowest BCUT2D eigenvalue weighted by molar-refractivity contribution is -0.192. The monoisotopic (exact) mass is 471 g/mol. The van der Waals surface area contributed by atoms with Crippen molar-refractivity contribution in [1.82, 2.24) is 19.3 Å². The van der Waals surface area contributed by atoms with Crippen LogP contribution in [0.3, 0.4) is 0 Å². The van der Waals surface area contributed by atoms with Gasteiger partial charge in [-0.25, -0.2) is 9.78 Å². The molecule has 0 saturated heterocycles. The van der Waals surface area contributed by atoms with Gasteiger partial charge in [-0.2, -0.15) is 27.1 Å². The number of carbonyl (C=O) groups is 1. The molecule has 3 aromatic rings. The number of halogens is 5. The molecule has 1 aliphatic rings. The van der Waals surface area contributed by atoms with E-state index in [4.69, 9.17) is 15.6 Å². The molecule has 0 aliphatic heterocycles. The standard InChI is InChI=1S/C19H21F2N5.C2HF3O2/c20-19(21)26-8-7-23-18(26)12-25-11-15(10-24-25)13-5-6-16-14(9-13)3-1-2-4-17(16)22;3-2(4,5)1(6)7/h5-11,17,19H,1-4,12,22H2;(H,6,7). The van der Waals surface area contributed by atoms with Gasteiger partial charge in [-0.05, 0) is 36.0 Å². The second kappa shape index (κ2) is 10.1. The minimum absolute atomic E-state index is 0.109. The molecule has 2 aromatic heterocycles. The van der Waals surface area contributed by atoms with E-state index in [0.717, 1.165) is 41.4 Å². The predicted molar refractivity (Wildman–Crippen MR) is 108 cm³/mol. The number of nitrogens with zero attached hydrogens (tertiary/aromatic N) is 4. The van der Waals surface area contributed by atoms with Crippen LogP contribution in [0, 0.1) is 0 Å². The van der Waals surface area contributed by atoms with Crippen LogP contribution in [-0.4, -0.2) is 36.6 Å². The minimum atomic E-state index is -5.08. The van der Waals surface area contributed by atoms with Crippen molar-refractivity contribution in [2.75, 3.05) is 0 Å². The van der Waals surface area contributed by atoms with Gasteiger partial charge in [0.15, 0.2) is 0 Å². The third-order valence-corrected chi connectivity index (χ3v) is 5.23. The molecule has 0 saturated carbocycles. The van der Waals surface area contributed by atoms with Crippen molar-refractivity contribution in [3.8, 4) is 11.1 Å². The van der Waals surface area contributed by atoms with E-state index in [9.17, 15) is 22.0 Å². The highest BCUT2D eigenvalue weighted by atomic mass is 19.4. The van der Waals surface area contributed by atoms with Crippen molar-refractivity contribution in [3.63, 3.8) is 0 Å². The van der Waals surface area contributed by atoms with Crippen molar-refractivity contribution in [2.24, 2.45) is 5.73 Å².